The standard InChI is InChI=1S/C15H23F2N3O.HI/c1-4-7-21-13-8-11(2)5-6-12(13)9-19-15(18-3)20-10-14(16)17;/h5-6,8,14H,4,7,9-10H2,1-3H3,(H2,18,19,20);1H. The van der Waals surface area contributed by atoms with E-state index in [1.165, 1.54) is 0 Å². The number of benzene rings is 1. The molecule has 1 aromatic rings. The van der Waals surface area contributed by atoms with Crippen molar-refractivity contribution in [2.45, 2.75) is 33.2 Å². The quantitative estimate of drug-likeness (QED) is 0.399. The summed E-state index contributed by atoms with van der Waals surface area (Å²) in [4.78, 5) is 3.90. The molecule has 0 aromatic heterocycles. The summed E-state index contributed by atoms with van der Waals surface area (Å²) < 4.78 is 30.1. The van der Waals surface area contributed by atoms with Gasteiger partial charge in [-0.25, -0.2) is 8.78 Å². The van der Waals surface area contributed by atoms with Crippen LogP contribution in [0.4, 0.5) is 8.78 Å². The average Bonchev–Trinajstić information content (AvgIpc) is 2.46. The highest BCUT2D eigenvalue weighted by atomic mass is 127. The molecule has 2 N–H and O–H groups in total. The van der Waals surface area contributed by atoms with Gasteiger partial charge < -0.3 is 15.4 Å². The largest absolute Gasteiger partial charge is 0.493 e. The molecule has 0 heterocycles. The van der Waals surface area contributed by atoms with E-state index in [-0.39, 0.29) is 24.0 Å². The highest BCUT2D eigenvalue weighted by Crippen LogP contribution is 2.20. The van der Waals surface area contributed by atoms with E-state index in [2.05, 4.69) is 15.6 Å². The molecule has 0 saturated heterocycles. The van der Waals surface area contributed by atoms with Crippen molar-refractivity contribution < 1.29 is 13.5 Å². The number of ether oxygens (including phenoxy) is 1. The Kier molecular flexibility index (Phi) is 10.9. The molecule has 7 heteroatoms. The van der Waals surface area contributed by atoms with Crippen LogP contribution in [-0.4, -0.2) is 32.6 Å². The van der Waals surface area contributed by atoms with E-state index in [0.29, 0.717) is 19.1 Å². The van der Waals surface area contributed by atoms with Crippen molar-refractivity contribution in [1.29, 1.82) is 0 Å². The smallest absolute Gasteiger partial charge is 0.255 e. The van der Waals surface area contributed by atoms with Gasteiger partial charge in [-0.2, -0.15) is 0 Å². The molecular formula is C15H24F2IN3O. The van der Waals surface area contributed by atoms with E-state index in [1.807, 2.05) is 32.0 Å². The molecule has 0 amide bonds. The van der Waals surface area contributed by atoms with E-state index in [4.69, 9.17) is 4.74 Å². The molecule has 0 aliphatic rings. The number of aliphatic imine (C=N–C) groups is 1. The molecule has 0 bridgehead atoms. The fraction of sp³-hybridized carbons (Fsp3) is 0.533. The van der Waals surface area contributed by atoms with Crippen LogP contribution in [0.1, 0.15) is 24.5 Å². The zero-order chi connectivity index (χ0) is 15.7. The normalized spacial score (nSPS) is 11.1. The van der Waals surface area contributed by atoms with Crippen LogP contribution >= 0.6 is 24.0 Å². The fourth-order valence-electron chi connectivity index (χ4n) is 1.73. The molecule has 0 saturated carbocycles. The minimum Gasteiger partial charge on any atom is -0.493 e. The first kappa shape index (κ1) is 20.9. The summed E-state index contributed by atoms with van der Waals surface area (Å²) >= 11 is 0. The van der Waals surface area contributed by atoms with E-state index in [9.17, 15) is 8.78 Å². The monoisotopic (exact) mass is 427 g/mol. The second-order valence-corrected chi connectivity index (χ2v) is 4.66. The third kappa shape index (κ3) is 7.77. The van der Waals surface area contributed by atoms with Crippen molar-refractivity contribution in [2.24, 2.45) is 4.99 Å². The fourth-order valence-corrected chi connectivity index (χ4v) is 1.73. The van der Waals surface area contributed by atoms with Gasteiger partial charge in [0.2, 0.25) is 0 Å². The van der Waals surface area contributed by atoms with Crippen LogP contribution in [0, 0.1) is 6.92 Å². The Labute approximate surface area is 147 Å². The van der Waals surface area contributed by atoms with Crippen molar-refractivity contribution >= 4 is 29.9 Å². The Bertz CT molecular complexity index is 470. The van der Waals surface area contributed by atoms with Crippen LogP contribution in [0.3, 0.4) is 0 Å². The van der Waals surface area contributed by atoms with Gasteiger partial charge in [-0.05, 0) is 25.0 Å². The summed E-state index contributed by atoms with van der Waals surface area (Å²) in [6, 6.07) is 5.93. The second-order valence-electron chi connectivity index (χ2n) is 4.66. The third-order valence-corrected chi connectivity index (χ3v) is 2.78. The Hall–Kier alpha value is -1.12. The molecule has 0 aliphatic heterocycles. The molecule has 0 radical (unpaired) electrons. The molecule has 1 rings (SSSR count). The summed E-state index contributed by atoms with van der Waals surface area (Å²) in [5, 5.41) is 5.56. The first-order valence-electron chi connectivity index (χ1n) is 7.01. The average molecular weight is 427 g/mol. The van der Waals surface area contributed by atoms with Gasteiger partial charge >= 0.3 is 0 Å². The van der Waals surface area contributed by atoms with Crippen LogP contribution in [0.25, 0.3) is 0 Å². The summed E-state index contributed by atoms with van der Waals surface area (Å²) in [7, 11) is 1.55. The van der Waals surface area contributed by atoms with Gasteiger partial charge in [0.05, 0.1) is 13.2 Å². The van der Waals surface area contributed by atoms with Gasteiger partial charge in [-0.3, -0.25) is 4.99 Å². The third-order valence-electron chi connectivity index (χ3n) is 2.78. The van der Waals surface area contributed by atoms with E-state index in [0.717, 1.165) is 23.3 Å². The van der Waals surface area contributed by atoms with Gasteiger partial charge in [-0.15, -0.1) is 24.0 Å². The molecule has 22 heavy (non-hydrogen) atoms. The molecule has 126 valence electrons. The second kappa shape index (κ2) is 11.4. The van der Waals surface area contributed by atoms with E-state index >= 15 is 0 Å². The summed E-state index contributed by atoms with van der Waals surface area (Å²) in [6.45, 7) is 4.73. The number of alkyl halides is 2. The number of rotatable bonds is 7. The van der Waals surface area contributed by atoms with Crippen molar-refractivity contribution in [3.05, 3.63) is 29.3 Å². The van der Waals surface area contributed by atoms with Crippen LogP contribution in [-0.2, 0) is 6.54 Å². The molecule has 0 unspecified atom stereocenters. The lowest BCUT2D eigenvalue weighted by Crippen LogP contribution is -2.39. The maximum Gasteiger partial charge on any atom is 0.255 e. The zero-order valence-electron chi connectivity index (χ0n) is 13.2. The Morgan fingerprint density at radius 1 is 1.32 bits per heavy atom. The molecule has 0 spiro atoms. The van der Waals surface area contributed by atoms with Gasteiger partial charge in [0.1, 0.15) is 5.75 Å². The predicted octanol–water partition coefficient (Wildman–Crippen LogP) is 3.33. The number of nitrogens with zero attached hydrogens (tertiary/aromatic N) is 1. The minimum atomic E-state index is -2.41. The lowest BCUT2D eigenvalue weighted by Gasteiger charge is -2.15. The molecule has 0 fully saturated rings. The molecule has 4 nitrogen and oxygen atoms in total. The maximum absolute atomic E-state index is 12.2. The lowest BCUT2D eigenvalue weighted by atomic mass is 10.1. The molecule has 0 atom stereocenters. The SMILES string of the molecule is CCCOc1cc(C)ccc1CNC(=NC)NCC(F)F.I. The van der Waals surface area contributed by atoms with Gasteiger partial charge in [-0.1, -0.05) is 19.1 Å². The first-order chi connectivity index (χ1) is 10.1. The van der Waals surface area contributed by atoms with Crippen molar-refractivity contribution in [2.75, 3.05) is 20.2 Å². The Balaban J connectivity index is 0.00000441. The summed E-state index contributed by atoms with van der Waals surface area (Å²) in [5.74, 6) is 1.16. The van der Waals surface area contributed by atoms with Crippen LogP contribution in [0.2, 0.25) is 0 Å². The summed E-state index contributed by atoms with van der Waals surface area (Å²) in [5.41, 5.74) is 2.08. The van der Waals surface area contributed by atoms with E-state index < -0.39 is 13.0 Å². The van der Waals surface area contributed by atoms with Crippen molar-refractivity contribution in [3.8, 4) is 5.75 Å². The van der Waals surface area contributed by atoms with Crippen molar-refractivity contribution in [1.82, 2.24) is 10.6 Å². The molecule has 0 aliphatic carbocycles. The maximum atomic E-state index is 12.2. The van der Waals surface area contributed by atoms with E-state index in [1.54, 1.807) is 7.05 Å². The number of hydrogen-bond donors (Lipinski definition) is 2. The van der Waals surface area contributed by atoms with Gasteiger partial charge in [0.25, 0.3) is 6.43 Å². The Morgan fingerprint density at radius 2 is 2.05 bits per heavy atom. The predicted molar refractivity (Wildman–Crippen MR) is 96.6 cm³/mol. The van der Waals surface area contributed by atoms with Crippen LogP contribution < -0.4 is 15.4 Å². The number of halogens is 3. The topological polar surface area (TPSA) is 45.6 Å². The minimum absolute atomic E-state index is 0. The molecular weight excluding hydrogens is 403 g/mol. The highest BCUT2D eigenvalue weighted by molar-refractivity contribution is 14.0. The number of guanidine groups is 1. The van der Waals surface area contributed by atoms with Crippen LogP contribution in [0.15, 0.2) is 23.2 Å². The summed E-state index contributed by atoms with van der Waals surface area (Å²) in [6.07, 6.45) is -1.48. The van der Waals surface area contributed by atoms with Crippen molar-refractivity contribution in [3.63, 3.8) is 0 Å². The lowest BCUT2D eigenvalue weighted by molar-refractivity contribution is 0.152. The van der Waals surface area contributed by atoms with Crippen LogP contribution in [0.5, 0.6) is 5.75 Å². The molecule has 1 aromatic carbocycles. The van der Waals surface area contributed by atoms with Gasteiger partial charge in [0, 0.05) is 19.2 Å². The van der Waals surface area contributed by atoms with Gasteiger partial charge in [0.15, 0.2) is 5.96 Å². The highest BCUT2D eigenvalue weighted by Gasteiger charge is 2.07. The zero-order valence-corrected chi connectivity index (χ0v) is 15.5. The Morgan fingerprint density at radius 3 is 2.64 bits per heavy atom. The number of aryl methyl sites for hydroxylation is 1. The first-order valence-corrected chi connectivity index (χ1v) is 7.01. The number of hydrogen-bond acceptors (Lipinski definition) is 2. The number of nitrogens with one attached hydrogen (secondary N) is 2.